The number of halogens is 1. The summed E-state index contributed by atoms with van der Waals surface area (Å²) in [5.74, 6) is 1.06. The summed E-state index contributed by atoms with van der Waals surface area (Å²) in [6.45, 7) is 5.94. The first-order valence-electron chi connectivity index (χ1n) is 7.93. The Kier molecular flexibility index (Phi) is 3.58. The minimum absolute atomic E-state index is 0.147. The molecule has 0 aliphatic rings. The molecule has 0 spiro atoms. The number of aryl methyl sites for hydroxylation is 1. The molecule has 0 atom stereocenters. The van der Waals surface area contributed by atoms with E-state index in [-0.39, 0.29) is 5.56 Å². The van der Waals surface area contributed by atoms with Crippen LogP contribution in [0, 0.1) is 20.8 Å². The third-order valence-electron chi connectivity index (χ3n) is 4.54. The summed E-state index contributed by atoms with van der Waals surface area (Å²) in [7, 11) is 0. The zero-order valence-corrected chi connectivity index (χ0v) is 14.9. The van der Waals surface area contributed by atoms with E-state index in [0.717, 1.165) is 22.2 Å². The molecule has 7 heteroatoms. The summed E-state index contributed by atoms with van der Waals surface area (Å²) in [6, 6.07) is 7.73. The lowest BCUT2D eigenvalue weighted by Crippen LogP contribution is -2.24. The van der Waals surface area contributed by atoms with Gasteiger partial charge in [-0.25, -0.2) is 0 Å². The largest absolute Gasteiger partial charge is 0.309 e. The smallest absolute Gasteiger partial charge is 0.278 e. The molecule has 1 aromatic carbocycles. The van der Waals surface area contributed by atoms with Crippen LogP contribution in [0.2, 0.25) is 5.02 Å². The minimum Gasteiger partial charge on any atom is -0.309 e. The number of nitrogens with zero attached hydrogens (tertiary/aromatic N) is 5. The lowest BCUT2D eigenvalue weighted by atomic mass is 10.1. The van der Waals surface area contributed by atoms with E-state index in [4.69, 9.17) is 11.6 Å². The average molecular weight is 354 g/mol. The first kappa shape index (κ1) is 15.8. The van der Waals surface area contributed by atoms with Crippen LogP contribution in [0.15, 0.2) is 35.3 Å². The fourth-order valence-corrected chi connectivity index (χ4v) is 3.27. The molecule has 0 saturated carbocycles. The molecule has 0 amide bonds. The molecular weight excluding hydrogens is 338 g/mol. The van der Waals surface area contributed by atoms with Gasteiger partial charge in [0.2, 0.25) is 5.78 Å². The summed E-state index contributed by atoms with van der Waals surface area (Å²) < 4.78 is 3.32. The average Bonchev–Trinajstić information content (AvgIpc) is 3.00. The molecule has 0 saturated heterocycles. The minimum atomic E-state index is -0.147. The van der Waals surface area contributed by atoms with Gasteiger partial charge >= 0.3 is 0 Å². The van der Waals surface area contributed by atoms with E-state index in [9.17, 15) is 4.79 Å². The SMILES string of the molecule is Cc1nc2n(Cc3c(Cl)ccc4cccnc34)c(C)c(C)c(=O)n2n1. The second kappa shape index (κ2) is 5.67. The van der Waals surface area contributed by atoms with Gasteiger partial charge < -0.3 is 4.57 Å². The Labute approximate surface area is 148 Å². The van der Waals surface area contributed by atoms with Gasteiger partial charge in [-0.05, 0) is 32.9 Å². The molecule has 25 heavy (non-hydrogen) atoms. The molecule has 0 radical (unpaired) electrons. The second-order valence-electron chi connectivity index (χ2n) is 6.07. The van der Waals surface area contributed by atoms with Crippen LogP contribution < -0.4 is 5.56 Å². The van der Waals surface area contributed by atoms with Crippen molar-refractivity contribution in [2.45, 2.75) is 27.3 Å². The Balaban J connectivity index is 2.02. The Morgan fingerprint density at radius 1 is 1.16 bits per heavy atom. The van der Waals surface area contributed by atoms with Crippen molar-refractivity contribution >= 4 is 28.3 Å². The molecule has 6 nitrogen and oxygen atoms in total. The fraction of sp³-hybridized carbons (Fsp3) is 0.222. The highest BCUT2D eigenvalue weighted by Gasteiger charge is 2.17. The number of fused-ring (bicyclic) bond motifs is 2. The molecular formula is C18H16ClN5O. The lowest BCUT2D eigenvalue weighted by molar-refractivity contribution is 0.722. The maximum atomic E-state index is 12.5. The van der Waals surface area contributed by atoms with Gasteiger partial charge in [0, 0.05) is 33.4 Å². The van der Waals surface area contributed by atoms with Crippen LogP contribution in [0.25, 0.3) is 16.7 Å². The van der Waals surface area contributed by atoms with Crippen LogP contribution >= 0.6 is 11.6 Å². The number of hydrogen-bond donors (Lipinski definition) is 0. The normalized spacial score (nSPS) is 11.5. The summed E-state index contributed by atoms with van der Waals surface area (Å²) >= 11 is 6.48. The van der Waals surface area contributed by atoms with Crippen molar-refractivity contribution in [3.63, 3.8) is 0 Å². The highest BCUT2D eigenvalue weighted by atomic mass is 35.5. The monoisotopic (exact) mass is 353 g/mol. The van der Waals surface area contributed by atoms with Gasteiger partial charge in [0.25, 0.3) is 5.56 Å². The van der Waals surface area contributed by atoms with E-state index >= 15 is 0 Å². The van der Waals surface area contributed by atoms with Crippen molar-refractivity contribution in [3.8, 4) is 0 Å². The Bertz CT molecular complexity index is 1190. The van der Waals surface area contributed by atoms with Crippen LogP contribution in [-0.2, 0) is 6.54 Å². The maximum absolute atomic E-state index is 12.5. The predicted molar refractivity (Wildman–Crippen MR) is 97.3 cm³/mol. The molecule has 0 N–H and O–H groups in total. The van der Waals surface area contributed by atoms with Crippen molar-refractivity contribution in [2.24, 2.45) is 0 Å². The standard InChI is InChI=1S/C18H16ClN5O/c1-10-11(2)23(18-21-12(3)22-24(18)17(10)25)9-14-15(19)7-6-13-5-4-8-20-16(13)14/h4-8H,9H2,1-3H3. The molecule has 0 aliphatic heterocycles. The van der Waals surface area contributed by atoms with Crippen molar-refractivity contribution in [1.82, 2.24) is 24.1 Å². The van der Waals surface area contributed by atoms with E-state index in [1.54, 1.807) is 20.0 Å². The summed E-state index contributed by atoms with van der Waals surface area (Å²) in [6.07, 6.45) is 1.75. The number of pyridine rings is 1. The van der Waals surface area contributed by atoms with E-state index < -0.39 is 0 Å². The van der Waals surface area contributed by atoms with Gasteiger partial charge in [0.15, 0.2) is 0 Å². The van der Waals surface area contributed by atoms with Gasteiger partial charge in [-0.2, -0.15) is 9.50 Å². The molecule has 0 bridgehead atoms. The lowest BCUT2D eigenvalue weighted by Gasteiger charge is -2.16. The molecule has 4 rings (SSSR count). The van der Waals surface area contributed by atoms with Gasteiger partial charge in [-0.1, -0.05) is 23.7 Å². The molecule has 126 valence electrons. The molecule has 0 aliphatic carbocycles. The fourth-order valence-electron chi connectivity index (χ4n) is 3.06. The third kappa shape index (κ3) is 2.41. The number of rotatable bonds is 2. The predicted octanol–water partition coefficient (Wildman–Crippen LogP) is 3.07. The number of aromatic nitrogens is 5. The van der Waals surface area contributed by atoms with E-state index in [2.05, 4.69) is 15.1 Å². The zero-order valence-electron chi connectivity index (χ0n) is 14.1. The van der Waals surface area contributed by atoms with Crippen molar-refractivity contribution in [3.05, 3.63) is 68.5 Å². The third-order valence-corrected chi connectivity index (χ3v) is 4.89. The highest BCUT2D eigenvalue weighted by molar-refractivity contribution is 6.32. The van der Waals surface area contributed by atoms with Gasteiger partial charge in [0.05, 0.1) is 12.1 Å². The summed E-state index contributed by atoms with van der Waals surface area (Å²) in [4.78, 5) is 21.4. The Morgan fingerprint density at radius 3 is 2.76 bits per heavy atom. The van der Waals surface area contributed by atoms with Gasteiger partial charge in [0.1, 0.15) is 5.82 Å². The molecule has 0 unspecified atom stereocenters. The van der Waals surface area contributed by atoms with Crippen LogP contribution in [0.5, 0.6) is 0 Å². The van der Waals surface area contributed by atoms with E-state index in [0.29, 0.717) is 28.7 Å². The van der Waals surface area contributed by atoms with E-state index in [1.807, 2.05) is 35.8 Å². The molecule has 3 aromatic heterocycles. The van der Waals surface area contributed by atoms with Gasteiger partial charge in [-0.15, -0.1) is 5.10 Å². The zero-order chi connectivity index (χ0) is 17.7. The number of benzene rings is 1. The van der Waals surface area contributed by atoms with E-state index in [1.165, 1.54) is 4.52 Å². The summed E-state index contributed by atoms with van der Waals surface area (Å²) in [5, 5.41) is 5.88. The van der Waals surface area contributed by atoms with Crippen molar-refractivity contribution in [2.75, 3.05) is 0 Å². The van der Waals surface area contributed by atoms with Crippen LogP contribution in [-0.4, -0.2) is 24.1 Å². The molecule has 3 heterocycles. The summed E-state index contributed by atoms with van der Waals surface area (Å²) in [5.41, 5.74) is 3.08. The molecule has 4 aromatic rings. The van der Waals surface area contributed by atoms with Crippen LogP contribution in [0.1, 0.15) is 22.6 Å². The van der Waals surface area contributed by atoms with Crippen molar-refractivity contribution < 1.29 is 0 Å². The first-order valence-corrected chi connectivity index (χ1v) is 8.30. The van der Waals surface area contributed by atoms with Crippen LogP contribution in [0.3, 0.4) is 0 Å². The van der Waals surface area contributed by atoms with Gasteiger partial charge in [-0.3, -0.25) is 9.78 Å². The Morgan fingerprint density at radius 2 is 1.96 bits per heavy atom. The number of hydrogen-bond acceptors (Lipinski definition) is 4. The molecule has 0 fully saturated rings. The van der Waals surface area contributed by atoms with Crippen LogP contribution in [0.4, 0.5) is 0 Å². The van der Waals surface area contributed by atoms with Crippen molar-refractivity contribution in [1.29, 1.82) is 0 Å². The Hall–Kier alpha value is -2.73. The highest BCUT2D eigenvalue weighted by Crippen LogP contribution is 2.26. The first-order chi connectivity index (χ1) is 12.0. The second-order valence-corrected chi connectivity index (χ2v) is 6.48. The quantitative estimate of drug-likeness (QED) is 0.555. The maximum Gasteiger partial charge on any atom is 0.278 e. The topological polar surface area (TPSA) is 65.1 Å².